The third-order valence-corrected chi connectivity index (χ3v) is 4.18. The molecular formula is C17H37IN4O. The summed E-state index contributed by atoms with van der Waals surface area (Å²) in [7, 11) is 1.83. The summed E-state index contributed by atoms with van der Waals surface area (Å²) >= 11 is 0. The van der Waals surface area contributed by atoms with Crippen molar-refractivity contribution < 1.29 is 4.74 Å². The maximum atomic E-state index is 5.44. The van der Waals surface area contributed by atoms with Gasteiger partial charge in [-0.2, -0.15) is 0 Å². The SMILES string of the molecule is CN=C(NCCCC(C)(C)C)NCC(C)(C)N1CCOCC1.I. The Balaban J connectivity index is 0.00000484. The normalized spacial score (nSPS) is 17.6. The van der Waals surface area contributed by atoms with Crippen molar-refractivity contribution in [3.8, 4) is 0 Å². The van der Waals surface area contributed by atoms with Crippen molar-refractivity contribution in [2.24, 2.45) is 10.4 Å². The molecule has 0 aliphatic carbocycles. The second-order valence-electron chi connectivity index (χ2n) is 7.93. The smallest absolute Gasteiger partial charge is 0.191 e. The predicted molar refractivity (Wildman–Crippen MR) is 110 cm³/mol. The lowest BCUT2D eigenvalue weighted by Crippen LogP contribution is -2.56. The number of ether oxygens (including phenoxy) is 1. The number of halogens is 1. The van der Waals surface area contributed by atoms with Crippen LogP contribution >= 0.6 is 24.0 Å². The first-order valence-corrected chi connectivity index (χ1v) is 8.52. The van der Waals surface area contributed by atoms with Gasteiger partial charge in [0.25, 0.3) is 0 Å². The second kappa shape index (κ2) is 10.7. The zero-order chi connectivity index (χ0) is 16.6. The molecule has 0 bridgehead atoms. The molecule has 1 heterocycles. The van der Waals surface area contributed by atoms with Gasteiger partial charge in [-0.3, -0.25) is 9.89 Å². The summed E-state index contributed by atoms with van der Waals surface area (Å²) in [6, 6.07) is 0. The van der Waals surface area contributed by atoms with Crippen LogP contribution in [-0.4, -0.2) is 62.8 Å². The van der Waals surface area contributed by atoms with Crippen molar-refractivity contribution in [3.05, 3.63) is 0 Å². The summed E-state index contributed by atoms with van der Waals surface area (Å²) in [5.41, 5.74) is 0.504. The maximum absolute atomic E-state index is 5.44. The molecule has 0 aromatic rings. The number of nitrogens with zero attached hydrogens (tertiary/aromatic N) is 2. The van der Waals surface area contributed by atoms with Crippen LogP contribution in [-0.2, 0) is 4.74 Å². The van der Waals surface area contributed by atoms with Crippen LogP contribution < -0.4 is 10.6 Å². The van der Waals surface area contributed by atoms with Crippen LogP contribution in [0.1, 0.15) is 47.5 Å². The molecule has 5 nitrogen and oxygen atoms in total. The Kier molecular flexibility index (Phi) is 10.7. The molecule has 1 rings (SSSR count). The molecule has 0 saturated carbocycles. The summed E-state index contributed by atoms with van der Waals surface area (Å²) in [4.78, 5) is 6.80. The van der Waals surface area contributed by atoms with Crippen LogP contribution in [0, 0.1) is 5.41 Å². The van der Waals surface area contributed by atoms with Gasteiger partial charge in [0.05, 0.1) is 13.2 Å². The van der Waals surface area contributed by atoms with E-state index in [-0.39, 0.29) is 29.5 Å². The van der Waals surface area contributed by atoms with Gasteiger partial charge < -0.3 is 15.4 Å². The molecule has 6 heteroatoms. The van der Waals surface area contributed by atoms with Gasteiger partial charge in [0.1, 0.15) is 0 Å². The van der Waals surface area contributed by atoms with E-state index < -0.39 is 0 Å². The molecule has 0 atom stereocenters. The highest BCUT2D eigenvalue weighted by Crippen LogP contribution is 2.19. The zero-order valence-electron chi connectivity index (χ0n) is 15.9. The van der Waals surface area contributed by atoms with E-state index in [0.29, 0.717) is 5.41 Å². The molecule has 0 unspecified atom stereocenters. The summed E-state index contributed by atoms with van der Waals surface area (Å²) < 4.78 is 5.44. The minimum atomic E-state index is 0. The first-order chi connectivity index (χ1) is 10.2. The lowest BCUT2D eigenvalue weighted by atomic mass is 9.91. The molecule has 1 saturated heterocycles. The monoisotopic (exact) mass is 440 g/mol. The van der Waals surface area contributed by atoms with E-state index in [4.69, 9.17) is 4.74 Å². The Hall–Kier alpha value is -0.0800. The van der Waals surface area contributed by atoms with Gasteiger partial charge in [-0.1, -0.05) is 20.8 Å². The van der Waals surface area contributed by atoms with Crippen molar-refractivity contribution in [2.45, 2.75) is 53.0 Å². The number of morpholine rings is 1. The van der Waals surface area contributed by atoms with Crippen LogP contribution in [0.15, 0.2) is 4.99 Å². The Bertz CT molecular complexity index is 347. The zero-order valence-corrected chi connectivity index (χ0v) is 18.2. The number of rotatable bonds is 6. The molecule has 1 aliphatic heterocycles. The molecule has 0 radical (unpaired) electrons. The molecule has 0 amide bonds. The average Bonchev–Trinajstić information content (AvgIpc) is 2.46. The van der Waals surface area contributed by atoms with Crippen molar-refractivity contribution in [1.82, 2.24) is 15.5 Å². The lowest BCUT2D eigenvalue weighted by Gasteiger charge is -2.41. The summed E-state index contributed by atoms with van der Waals surface area (Å²) in [6.07, 6.45) is 2.38. The second-order valence-corrected chi connectivity index (χ2v) is 7.93. The highest BCUT2D eigenvalue weighted by Gasteiger charge is 2.28. The Morgan fingerprint density at radius 3 is 2.22 bits per heavy atom. The first-order valence-electron chi connectivity index (χ1n) is 8.52. The van der Waals surface area contributed by atoms with Crippen LogP contribution in [0.2, 0.25) is 0 Å². The van der Waals surface area contributed by atoms with Gasteiger partial charge in [-0.15, -0.1) is 24.0 Å². The highest BCUT2D eigenvalue weighted by atomic mass is 127. The van der Waals surface area contributed by atoms with Crippen molar-refractivity contribution in [2.75, 3.05) is 46.4 Å². The molecule has 2 N–H and O–H groups in total. The Morgan fingerprint density at radius 2 is 1.70 bits per heavy atom. The fraction of sp³-hybridized carbons (Fsp3) is 0.941. The van der Waals surface area contributed by atoms with Crippen LogP contribution in [0.4, 0.5) is 0 Å². The van der Waals surface area contributed by atoms with E-state index in [1.165, 1.54) is 6.42 Å². The lowest BCUT2D eigenvalue weighted by molar-refractivity contribution is -0.00833. The van der Waals surface area contributed by atoms with Crippen molar-refractivity contribution in [1.29, 1.82) is 0 Å². The molecule has 138 valence electrons. The van der Waals surface area contributed by atoms with Gasteiger partial charge in [0, 0.05) is 38.8 Å². The molecule has 1 aliphatic rings. The molecule has 0 aromatic heterocycles. The third-order valence-electron chi connectivity index (χ3n) is 4.18. The maximum Gasteiger partial charge on any atom is 0.191 e. The number of aliphatic imine (C=N–C) groups is 1. The van der Waals surface area contributed by atoms with Gasteiger partial charge in [-0.25, -0.2) is 0 Å². The van der Waals surface area contributed by atoms with Crippen LogP contribution in [0.3, 0.4) is 0 Å². The fourth-order valence-electron chi connectivity index (χ4n) is 2.63. The van der Waals surface area contributed by atoms with Gasteiger partial charge in [0.2, 0.25) is 0 Å². The van der Waals surface area contributed by atoms with Crippen LogP contribution in [0.25, 0.3) is 0 Å². The molecule has 1 fully saturated rings. The van der Waals surface area contributed by atoms with E-state index in [1.807, 2.05) is 7.05 Å². The molecule has 23 heavy (non-hydrogen) atoms. The van der Waals surface area contributed by atoms with Crippen molar-refractivity contribution in [3.63, 3.8) is 0 Å². The number of hydrogen-bond donors (Lipinski definition) is 2. The van der Waals surface area contributed by atoms with E-state index in [9.17, 15) is 0 Å². The van der Waals surface area contributed by atoms with Gasteiger partial charge in [-0.05, 0) is 32.1 Å². The van der Waals surface area contributed by atoms with Gasteiger partial charge in [0.15, 0.2) is 5.96 Å². The molecule has 0 spiro atoms. The summed E-state index contributed by atoms with van der Waals surface area (Å²) in [5.74, 6) is 0.898. The number of guanidine groups is 1. The fourth-order valence-corrected chi connectivity index (χ4v) is 2.63. The largest absolute Gasteiger partial charge is 0.379 e. The quantitative estimate of drug-likeness (QED) is 0.289. The summed E-state index contributed by atoms with van der Waals surface area (Å²) in [5, 5.41) is 6.87. The number of hydrogen-bond acceptors (Lipinski definition) is 3. The summed E-state index contributed by atoms with van der Waals surface area (Å²) in [6.45, 7) is 16.9. The topological polar surface area (TPSA) is 48.9 Å². The number of nitrogens with one attached hydrogen (secondary N) is 2. The minimum absolute atomic E-state index is 0. The van der Waals surface area contributed by atoms with E-state index in [0.717, 1.165) is 51.8 Å². The van der Waals surface area contributed by atoms with E-state index >= 15 is 0 Å². The van der Waals surface area contributed by atoms with Gasteiger partial charge >= 0.3 is 0 Å². The third kappa shape index (κ3) is 9.72. The average molecular weight is 440 g/mol. The van der Waals surface area contributed by atoms with Crippen LogP contribution in [0.5, 0.6) is 0 Å². The standard InChI is InChI=1S/C17H36N4O.HI/c1-16(2,3)8-7-9-19-15(18-6)20-14-17(4,5)21-10-12-22-13-11-21;/h7-14H2,1-6H3,(H2,18,19,20);1H. The van der Waals surface area contributed by atoms with E-state index in [1.54, 1.807) is 0 Å². The molecular weight excluding hydrogens is 403 g/mol. The Labute approximate surface area is 160 Å². The minimum Gasteiger partial charge on any atom is -0.379 e. The highest BCUT2D eigenvalue weighted by molar-refractivity contribution is 14.0. The Morgan fingerprint density at radius 1 is 1.09 bits per heavy atom. The first kappa shape index (κ1) is 22.9. The predicted octanol–water partition coefficient (Wildman–Crippen LogP) is 2.71. The van der Waals surface area contributed by atoms with E-state index in [2.05, 4.69) is 55.1 Å². The molecule has 0 aromatic carbocycles. The van der Waals surface area contributed by atoms with Crippen molar-refractivity contribution >= 4 is 29.9 Å².